The van der Waals surface area contributed by atoms with Crippen LogP contribution in [0.25, 0.3) is 10.9 Å². The molecule has 0 amide bonds. The molecular formula is C18H22N2O. The smallest absolute Gasteiger partial charge is 0.0726 e. The van der Waals surface area contributed by atoms with Gasteiger partial charge in [-0.1, -0.05) is 36.8 Å². The first-order chi connectivity index (χ1) is 10.4. The van der Waals surface area contributed by atoms with Gasteiger partial charge < -0.3 is 10.1 Å². The molecule has 1 aromatic carbocycles. The molecule has 0 bridgehead atoms. The number of aromatic nitrogens is 1. The highest BCUT2D eigenvalue weighted by Gasteiger charge is 2.06. The maximum atomic E-state index is 5.35. The van der Waals surface area contributed by atoms with Gasteiger partial charge in [0.15, 0.2) is 0 Å². The standard InChI is InChI=1S/C18H22N2O/c1-2-15-13-18(16-5-3-4-6-17(16)20-15)19-10-7-14-8-11-21-12-9-14/h3-6,8,13H,2,7,9-12H2,1H3,(H,19,20). The Labute approximate surface area is 126 Å². The first-order valence-electron chi connectivity index (χ1n) is 7.75. The van der Waals surface area contributed by atoms with Crippen LogP contribution in [0, 0.1) is 0 Å². The monoisotopic (exact) mass is 282 g/mol. The second-order valence-corrected chi connectivity index (χ2v) is 5.40. The molecule has 21 heavy (non-hydrogen) atoms. The van der Waals surface area contributed by atoms with Crippen LogP contribution in [0.2, 0.25) is 0 Å². The second kappa shape index (κ2) is 6.72. The molecule has 0 aliphatic carbocycles. The Bertz CT molecular complexity index is 649. The van der Waals surface area contributed by atoms with Gasteiger partial charge in [-0.05, 0) is 31.4 Å². The molecule has 1 aromatic heterocycles. The van der Waals surface area contributed by atoms with Crippen molar-refractivity contribution in [2.24, 2.45) is 0 Å². The highest BCUT2D eigenvalue weighted by molar-refractivity contribution is 5.91. The van der Waals surface area contributed by atoms with Crippen molar-refractivity contribution in [3.05, 3.63) is 47.7 Å². The topological polar surface area (TPSA) is 34.1 Å². The van der Waals surface area contributed by atoms with E-state index >= 15 is 0 Å². The summed E-state index contributed by atoms with van der Waals surface area (Å²) in [7, 11) is 0. The molecule has 0 radical (unpaired) electrons. The average molecular weight is 282 g/mol. The third-order valence-corrected chi connectivity index (χ3v) is 3.95. The minimum atomic E-state index is 0.771. The number of aryl methyl sites for hydroxylation is 1. The number of nitrogens with one attached hydrogen (secondary N) is 1. The zero-order valence-electron chi connectivity index (χ0n) is 12.6. The lowest BCUT2D eigenvalue weighted by atomic mass is 10.1. The number of pyridine rings is 1. The highest BCUT2D eigenvalue weighted by atomic mass is 16.5. The van der Waals surface area contributed by atoms with E-state index in [0.29, 0.717) is 0 Å². The molecule has 1 aliphatic rings. The van der Waals surface area contributed by atoms with Crippen LogP contribution in [0.15, 0.2) is 42.0 Å². The van der Waals surface area contributed by atoms with Crippen molar-refractivity contribution in [2.45, 2.75) is 26.2 Å². The fourth-order valence-corrected chi connectivity index (χ4v) is 2.71. The zero-order chi connectivity index (χ0) is 14.5. The lowest BCUT2D eigenvalue weighted by Crippen LogP contribution is -2.09. The Morgan fingerprint density at radius 1 is 1.29 bits per heavy atom. The molecule has 0 spiro atoms. The molecular weight excluding hydrogens is 260 g/mol. The molecule has 3 heteroatoms. The fraction of sp³-hybridized carbons (Fsp3) is 0.389. The molecule has 1 aliphatic heterocycles. The third-order valence-electron chi connectivity index (χ3n) is 3.95. The summed E-state index contributed by atoms with van der Waals surface area (Å²) in [4.78, 5) is 4.68. The lowest BCUT2D eigenvalue weighted by molar-refractivity contribution is 0.153. The maximum Gasteiger partial charge on any atom is 0.0726 e. The first-order valence-corrected chi connectivity index (χ1v) is 7.75. The minimum absolute atomic E-state index is 0.771. The summed E-state index contributed by atoms with van der Waals surface area (Å²) in [5.41, 5.74) is 4.92. The van der Waals surface area contributed by atoms with Gasteiger partial charge in [-0.25, -0.2) is 0 Å². The van der Waals surface area contributed by atoms with Crippen LogP contribution in [-0.2, 0) is 11.2 Å². The van der Waals surface area contributed by atoms with Crippen molar-refractivity contribution in [3.63, 3.8) is 0 Å². The van der Waals surface area contributed by atoms with E-state index in [4.69, 9.17) is 4.74 Å². The molecule has 110 valence electrons. The largest absolute Gasteiger partial charge is 0.384 e. The van der Waals surface area contributed by atoms with E-state index in [9.17, 15) is 0 Å². The number of anilines is 1. The number of hydrogen-bond acceptors (Lipinski definition) is 3. The van der Waals surface area contributed by atoms with Gasteiger partial charge in [0.25, 0.3) is 0 Å². The number of hydrogen-bond donors (Lipinski definition) is 1. The fourth-order valence-electron chi connectivity index (χ4n) is 2.71. The van der Waals surface area contributed by atoms with Gasteiger partial charge in [0.1, 0.15) is 0 Å². The van der Waals surface area contributed by atoms with Crippen LogP contribution in [0.4, 0.5) is 5.69 Å². The van der Waals surface area contributed by atoms with Crippen LogP contribution in [-0.4, -0.2) is 24.7 Å². The van der Waals surface area contributed by atoms with Gasteiger partial charge in [0, 0.05) is 23.3 Å². The zero-order valence-corrected chi connectivity index (χ0v) is 12.6. The van der Waals surface area contributed by atoms with E-state index in [1.807, 2.05) is 6.07 Å². The SMILES string of the molecule is CCc1cc(NCCC2=CCOCC2)c2ccccc2n1. The summed E-state index contributed by atoms with van der Waals surface area (Å²) in [5.74, 6) is 0. The molecule has 0 fully saturated rings. The molecule has 3 rings (SSSR count). The van der Waals surface area contributed by atoms with Crippen LogP contribution in [0.3, 0.4) is 0 Å². The molecule has 0 saturated carbocycles. The predicted molar refractivity (Wildman–Crippen MR) is 87.7 cm³/mol. The molecule has 0 atom stereocenters. The maximum absolute atomic E-state index is 5.35. The van der Waals surface area contributed by atoms with E-state index in [0.717, 1.165) is 50.2 Å². The second-order valence-electron chi connectivity index (χ2n) is 5.40. The van der Waals surface area contributed by atoms with E-state index in [1.54, 1.807) is 0 Å². The molecule has 0 unspecified atom stereocenters. The van der Waals surface area contributed by atoms with Gasteiger partial charge in [-0.3, -0.25) is 4.98 Å². The summed E-state index contributed by atoms with van der Waals surface area (Å²) < 4.78 is 5.35. The number of ether oxygens (including phenoxy) is 1. The number of rotatable bonds is 5. The number of nitrogens with zero attached hydrogens (tertiary/aromatic N) is 1. The van der Waals surface area contributed by atoms with Crippen LogP contribution < -0.4 is 5.32 Å². The Morgan fingerprint density at radius 3 is 3.00 bits per heavy atom. The van der Waals surface area contributed by atoms with Crippen molar-refractivity contribution in [1.29, 1.82) is 0 Å². The summed E-state index contributed by atoms with van der Waals surface area (Å²) in [6.07, 6.45) is 5.33. The van der Waals surface area contributed by atoms with Gasteiger partial charge >= 0.3 is 0 Å². The quantitative estimate of drug-likeness (QED) is 0.843. The van der Waals surface area contributed by atoms with Gasteiger partial charge in [-0.15, -0.1) is 0 Å². The summed E-state index contributed by atoms with van der Waals surface area (Å²) in [6, 6.07) is 10.5. The van der Waals surface area contributed by atoms with E-state index < -0.39 is 0 Å². The average Bonchev–Trinajstić information content (AvgIpc) is 2.55. The molecule has 2 heterocycles. The summed E-state index contributed by atoms with van der Waals surface area (Å²) in [6.45, 7) is 4.74. The summed E-state index contributed by atoms with van der Waals surface area (Å²) >= 11 is 0. The van der Waals surface area contributed by atoms with Crippen LogP contribution in [0.1, 0.15) is 25.5 Å². The molecule has 3 nitrogen and oxygen atoms in total. The Morgan fingerprint density at radius 2 is 2.19 bits per heavy atom. The third kappa shape index (κ3) is 3.42. The number of para-hydroxylation sites is 1. The van der Waals surface area contributed by atoms with E-state index in [-0.39, 0.29) is 0 Å². The van der Waals surface area contributed by atoms with E-state index in [2.05, 4.69) is 47.6 Å². The molecule has 0 saturated heterocycles. The van der Waals surface area contributed by atoms with Crippen molar-refractivity contribution >= 4 is 16.6 Å². The predicted octanol–water partition coefficient (Wildman–Crippen LogP) is 3.95. The van der Waals surface area contributed by atoms with Crippen LogP contribution >= 0.6 is 0 Å². The van der Waals surface area contributed by atoms with Crippen molar-refractivity contribution in [2.75, 3.05) is 25.1 Å². The van der Waals surface area contributed by atoms with Gasteiger partial charge in [0.05, 0.1) is 18.7 Å². The lowest BCUT2D eigenvalue weighted by Gasteiger charge is -2.15. The van der Waals surface area contributed by atoms with Gasteiger partial charge in [-0.2, -0.15) is 0 Å². The van der Waals surface area contributed by atoms with Crippen molar-refractivity contribution in [1.82, 2.24) is 4.98 Å². The van der Waals surface area contributed by atoms with Crippen LogP contribution in [0.5, 0.6) is 0 Å². The normalized spacial score (nSPS) is 15.0. The van der Waals surface area contributed by atoms with Crippen molar-refractivity contribution < 1.29 is 4.74 Å². The Hall–Kier alpha value is -1.87. The molecule has 2 aromatic rings. The molecule has 1 N–H and O–H groups in total. The Balaban J connectivity index is 1.74. The number of fused-ring (bicyclic) bond motifs is 1. The summed E-state index contributed by atoms with van der Waals surface area (Å²) in [5, 5.41) is 4.79. The highest BCUT2D eigenvalue weighted by Crippen LogP contribution is 2.24. The minimum Gasteiger partial charge on any atom is -0.384 e. The van der Waals surface area contributed by atoms with Gasteiger partial charge in [0.2, 0.25) is 0 Å². The Kier molecular flexibility index (Phi) is 4.51. The van der Waals surface area contributed by atoms with E-state index in [1.165, 1.54) is 16.6 Å². The first kappa shape index (κ1) is 14.1. The number of benzene rings is 1. The van der Waals surface area contributed by atoms with Crippen molar-refractivity contribution in [3.8, 4) is 0 Å².